The molecular weight excluding hydrogens is 654 g/mol. The number of hydrogen-bond donors (Lipinski definition) is 1. The normalized spacial score (nSPS) is 13.7. The van der Waals surface area contributed by atoms with Crippen LogP contribution in [-0.4, -0.2) is 22.4 Å². The molecule has 0 amide bonds. The van der Waals surface area contributed by atoms with Gasteiger partial charge in [0, 0.05) is 0 Å². The molecule has 0 spiro atoms. The summed E-state index contributed by atoms with van der Waals surface area (Å²) in [7, 11) is 0. The van der Waals surface area contributed by atoms with E-state index in [1.165, 1.54) is 0 Å². The Morgan fingerprint density at radius 3 is 1.48 bits per heavy atom. The first-order valence-corrected chi connectivity index (χ1v) is 19.1. The third-order valence-corrected chi connectivity index (χ3v) is 12.4. The molecule has 2 heterocycles. The minimum atomic E-state index is -3.67. The van der Waals surface area contributed by atoms with E-state index in [1.54, 1.807) is 6.07 Å². The van der Waals surface area contributed by atoms with Crippen LogP contribution in [0, 0.1) is 0 Å². The Bertz CT molecular complexity index is 2610. The summed E-state index contributed by atoms with van der Waals surface area (Å²) in [6, 6.07) is 45.3. The number of rotatable bonds is 1. The van der Waals surface area contributed by atoms with Crippen molar-refractivity contribution >= 4 is 60.4 Å². The predicted octanol–water partition coefficient (Wildman–Crippen LogP) is 10.2. The molecule has 0 aliphatic carbocycles. The van der Waals surface area contributed by atoms with Gasteiger partial charge in [0.2, 0.25) is 0 Å². The average Bonchev–Trinajstić information content (AvgIpc) is 3.29. The molecule has 0 aromatic heterocycles. The van der Waals surface area contributed by atoms with Crippen molar-refractivity contribution in [1.29, 1.82) is 0 Å². The fourth-order valence-corrected chi connectivity index (χ4v) is 10.6. The fraction of sp³-hybridized carbons (Fsp3) is 0.0476. The molecule has 8 aromatic carbocycles. The van der Waals surface area contributed by atoms with Crippen molar-refractivity contribution in [2.75, 3.05) is 0 Å². The standard InChI is InChI=1S/C42H30O5.Ga/c43-35-19-17-25-9-1-5-13-31(25)37(35)39-33-15-7-3-11-27(33)21-29(41(39)45)23-47-24-30-22-28-12-4-8-16-34(28)40(42(30)46)38-32-14-6-2-10-26(32)18-20-36(38)44;/h1-22,43-46H,23-24H2;/q;+3/p-3. The van der Waals surface area contributed by atoms with Gasteiger partial charge in [-0.2, -0.15) is 0 Å². The molecule has 2 aliphatic rings. The van der Waals surface area contributed by atoms with Crippen LogP contribution >= 0.6 is 0 Å². The number of phenols is 1. The van der Waals surface area contributed by atoms with Crippen molar-refractivity contribution in [3.05, 3.63) is 145 Å². The molecule has 8 aromatic rings. The summed E-state index contributed by atoms with van der Waals surface area (Å²) in [5, 5.41) is 19.9. The number of aromatic hydroxyl groups is 1. The molecule has 10 rings (SSSR count). The van der Waals surface area contributed by atoms with Gasteiger partial charge in [0.1, 0.15) is 0 Å². The molecule has 1 N–H and O–H groups in total. The van der Waals surface area contributed by atoms with Crippen LogP contribution in [0.3, 0.4) is 0 Å². The molecular formula is C42H27GaO5. The Morgan fingerprint density at radius 1 is 0.438 bits per heavy atom. The second-order valence-electron chi connectivity index (χ2n) is 12.4. The van der Waals surface area contributed by atoms with Gasteiger partial charge < -0.3 is 0 Å². The van der Waals surface area contributed by atoms with Crippen LogP contribution in [0.2, 0.25) is 0 Å². The number of benzene rings is 8. The Balaban J connectivity index is 1.27. The van der Waals surface area contributed by atoms with Crippen LogP contribution in [-0.2, 0) is 18.0 Å². The third kappa shape index (κ3) is 4.23. The van der Waals surface area contributed by atoms with Crippen molar-refractivity contribution in [3.8, 4) is 45.3 Å². The number of ether oxygens (including phenoxy) is 1. The van der Waals surface area contributed by atoms with Gasteiger partial charge in [-0.15, -0.1) is 0 Å². The number of hydrogen-bond acceptors (Lipinski definition) is 5. The Morgan fingerprint density at radius 2 is 0.896 bits per heavy atom. The monoisotopic (exact) mass is 680 g/mol. The van der Waals surface area contributed by atoms with E-state index in [4.69, 9.17) is 15.3 Å². The van der Waals surface area contributed by atoms with E-state index in [0.29, 0.717) is 24.5 Å². The Labute approximate surface area is 282 Å². The predicted molar refractivity (Wildman–Crippen MR) is 192 cm³/mol. The molecule has 2 bridgehead atoms. The van der Waals surface area contributed by atoms with Crippen LogP contribution in [0.25, 0.3) is 65.3 Å². The molecule has 0 saturated heterocycles. The van der Waals surface area contributed by atoms with Gasteiger partial charge in [-0.05, 0) is 0 Å². The summed E-state index contributed by atoms with van der Waals surface area (Å²) in [5.41, 5.74) is 5.36. The zero-order valence-electron chi connectivity index (χ0n) is 25.8. The quantitative estimate of drug-likeness (QED) is 0.175. The maximum atomic E-state index is 11.6. The van der Waals surface area contributed by atoms with Crippen molar-refractivity contribution in [2.24, 2.45) is 0 Å². The van der Waals surface area contributed by atoms with Gasteiger partial charge in [-0.3, -0.25) is 0 Å². The van der Waals surface area contributed by atoms with Crippen molar-refractivity contribution in [2.45, 2.75) is 13.2 Å². The van der Waals surface area contributed by atoms with Crippen LogP contribution in [0.15, 0.2) is 133 Å². The molecule has 0 atom stereocenters. The summed E-state index contributed by atoms with van der Waals surface area (Å²) in [4.78, 5) is 0. The van der Waals surface area contributed by atoms with Gasteiger partial charge in [-0.1, -0.05) is 0 Å². The number of phenolic OH excluding ortho intramolecular Hbond substituents is 1. The van der Waals surface area contributed by atoms with E-state index in [9.17, 15) is 5.11 Å². The van der Waals surface area contributed by atoms with Gasteiger partial charge >= 0.3 is 284 Å². The van der Waals surface area contributed by atoms with E-state index >= 15 is 0 Å². The van der Waals surface area contributed by atoms with Gasteiger partial charge in [0.25, 0.3) is 0 Å². The summed E-state index contributed by atoms with van der Waals surface area (Å²) in [6.07, 6.45) is 0. The van der Waals surface area contributed by atoms with E-state index in [2.05, 4.69) is 84.9 Å². The topological polar surface area (TPSA) is 57.2 Å². The van der Waals surface area contributed by atoms with E-state index in [0.717, 1.165) is 82.4 Å². The molecule has 6 heteroatoms. The summed E-state index contributed by atoms with van der Waals surface area (Å²) >= 11 is -3.67. The second kappa shape index (κ2) is 10.8. The molecule has 0 saturated carbocycles. The fourth-order valence-electron chi connectivity index (χ4n) is 7.52. The second-order valence-corrected chi connectivity index (χ2v) is 15.1. The first-order valence-electron chi connectivity index (χ1n) is 16.1. The third-order valence-electron chi connectivity index (χ3n) is 9.62. The summed E-state index contributed by atoms with van der Waals surface area (Å²) in [5.74, 6) is 2.31. The molecule has 48 heavy (non-hydrogen) atoms. The van der Waals surface area contributed by atoms with Gasteiger partial charge in [-0.25, -0.2) is 0 Å². The number of fused-ring (bicyclic) bond motifs is 10. The van der Waals surface area contributed by atoms with Crippen LogP contribution < -0.4 is 10.6 Å². The minimum absolute atomic E-state index is 0.181. The zero-order valence-corrected chi connectivity index (χ0v) is 28.2. The summed E-state index contributed by atoms with van der Waals surface area (Å²) in [6.45, 7) is 0.661. The Hall–Kier alpha value is -5.40. The first kappa shape index (κ1) is 27.7. The van der Waals surface area contributed by atoms with E-state index < -0.39 is 17.3 Å². The molecule has 0 radical (unpaired) electrons. The van der Waals surface area contributed by atoms with E-state index in [1.807, 2.05) is 42.5 Å². The molecule has 2 aliphatic heterocycles. The molecule has 0 fully saturated rings. The van der Waals surface area contributed by atoms with Crippen LogP contribution in [0.4, 0.5) is 0 Å². The van der Waals surface area contributed by atoms with Crippen molar-refractivity contribution < 1.29 is 20.4 Å². The van der Waals surface area contributed by atoms with Crippen molar-refractivity contribution in [3.63, 3.8) is 0 Å². The SMILES string of the molecule is Oc1ccc2ccccc2c1-c1c2c(cc3ccccc13)COCc1cc3ccccc3c3c1[O][Ga]([O]c1ccc4ccccc4c1-3)[O]2. The van der Waals surface area contributed by atoms with Crippen LogP contribution in [0.5, 0.6) is 23.0 Å². The zero-order chi connectivity index (χ0) is 31.8. The van der Waals surface area contributed by atoms with Gasteiger partial charge in [0.05, 0.1) is 0 Å². The molecule has 228 valence electrons. The molecule has 0 unspecified atom stereocenters. The van der Waals surface area contributed by atoms with Crippen LogP contribution in [0.1, 0.15) is 11.1 Å². The van der Waals surface area contributed by atoms with Crippen molar-refractivity contribution in [1.82, 2.24) is 0 Å². The maximum absolute atomic E-state index is 11.6. The Kier molecular flexibility index (Phi) is 6.24. The summed E-state index contributed by atoms with van der Waals surface area (Å²) < 4.78 is 27.7. The van der Waals surface area contributed by atoms with E-state index in [-0.39, 0.29) is 5.75 Å². The molecule has 5 nitrogen and oxygen atoms in total. The van der Waals surface area contributed by atoms with Gasteiger partial charge in [0.15, 0.2) is 0 Å². The average molecular weight is 681 g/mol. The first-order chi connectivity index (χ1) is 23.7.